The fourth-order valence-electron chi connectivity index (χ4n) is 4.36. The van der Waals surface area contributed by atoms with Gasteiger partial charge in [0.05, 0.1) is 12.6 Å². The van der Waals surface area contributed by atoms with Crippen molar-refractivity contribution >= 4 is 5.84 Å². The number of nitrogens with one attached hydrogen (secondary N) is 1. The Bertz CT molecular complexity index is 1020. The summed E-state index contributed by atoms with van der Waals surface area (Å²) >= 11 is 0. The summed E-state index contributed by atoms with van der Waals surface area (Å²) < 4.78 is 32.8. The van der Waals surface area contributed by atoms with Crippen LogP contribution in [-0.2, 0) is 0 Å². The number of ether oxygens (including phenoxy) is 1. The minimum Gasteiger partial charge on any atom is -0.494 e. The largest absolute Gasteiger partial charge is 0.494 e. The molecule has 1 aliphatic heterocycles. The number of amidine groups is 1. The second-order valence-corrected chi connectivity index (χ2v) is 8.52. The smallest absolute Gasteiger partial charge is 0.123 e. The fourth-order valence-corrected chi connectivity index (χ4v) is 4.36. The summed E-state index contributed by atoms with van der Waals surface area (Å²) in [6.45, 7) is 5.14. The van der Waals surface area contributed by atoms with Crippen LogP contribution < -0.4 is 10.5 Å². The first-order chi connectivity index (χ1) is 16.5. The van der Waals surface area contributed by atoms with Gasteiger partial charge < -0.3 is 15.4 Å². The van der Waals surface area contributed by atoms with E-state index in [1.165, 1.54) is 24.3 Å². The molecule has 1 fully saturated rings. The van der Waals surface area contributed by atoms with E-state index in [1.54, 1.807) is 12.1 Å². The van der Waals surface area contributed by atoms with E-state index < -0.39 is 0 Å². The molecule has 0 aliphatic carbocycles. The van der Waals surface area contributed by atoms with Crippen LogP contribution in [0.4, 0.5) is 8.78 Å². The van der Waals surface area contributed by atoms with Crippen molar-refractivity contribution in [1.82, 2.24) is 9.80 Å². The number of nitrogens with zero attached hydrogens (tertiary/aromatic N) is 2. The molecule has 0 radical (unpaired) electrons. The molecule has 7 heteroatoms. The zero-order valence-corrected chi connectivity index (χ0v) is 19.1. The molecule has 178 valence electrons. The number of hydrogen-bond donors (Lipinski definition) is 2. The van der Waals surface area contributed by atoms with E-state index in [2.05, 4.69) is 9.80 Å². The summed E-state index contributed by atoms with van der Waals surface area (Å²) in [6.07, 6.45) is 0.911. The van der Waals surface area contributed by atoms with Gasteiger partial charge in [-0.25, -0.2) is 8.78 Å². The highest BCUT2D eigenvalue weighted by Crippen LogP contribution is 2.30. The van der Waals surface area contributed by atoms with Crippen molar-refractivity contribution in [1.29, 1.82) is 5.41 Å². The highest BCUT2D eigenvalue weighted by molar-refractivity contribution is 5.94. The molecule has 0 unspecified atom stereocenters. The number of benzene rings is 3. The van der Waals surface area contributed by atoms with Crippen LogP contribution in [-0.4, -0.2) is 55.0 Å². The molecular weight excluding hydrogens is 434 g/mol. The van der Waals surface area contributed by atoms with Crippen LogP contribution in [0.1, 0.15) is 29.2 Å². The van der Waals surface area contributed by atoms with E-state index in [0.29, 0.717) is 12.2 Å². The van der Waals surface area contributed by atoms with Gasteiger partial charge in [-0.2, -0.15) is 0 Å². The van der Waals surface area contributed by atoms with Crippen molar-refractivity contribution in [3.63, 3.8) is 0 Å². The second kappa shape index (κ2) is 11.2. The lowest BCUT2D eigenvalue weighted by Gasteiger charge is -2.39. The summed E-state index contributed by atoms with van der Waals surface area (Å²) in [6, 6.07) is 20.4. The number of nitrogen functional groups attached to an aromatic ring is 1. The Kier molecular flexibility index (Phi) is 7.87. The van der Waals surface area contributed by atoms with Gasteiger partial charge in [0, 0.05) is 38.3 Å². The SMILES string of the molecule is N=C(N)c1ccc(OCCCN2CCN(C(c3ccc(F)cc3)c3ccc(F)cc3)CC2)cc1. The predicted molar refractivity (Wildman–Crippen MR) is 130 cm³/mol. The third-order valence-corrected chi connectivity index (χ3v) is 6.20. The Labute approximate surface area is 199 Å². The van der Waals surface area contributed by atoms with Crippen LogP contribution in [0.25, 0.3) is 0 Å². The van der Waals surface area contributed by atoms with Crippen molar-refractivity contribution in [3.8, 4) is 5.75 Å². The second-order valence-electron chi connectivity index (χ2n) is 8.52. The molecule has 1 aliphatic rings. The number of rotatable bonds is 9. The lowest BCUT2D eigenvalue weighted by Crippen LogP contribution is -2.48. The van der Waals surface area contributed by atoms with Crippen molar-refractivity contribution in [2.75, 3.05) is 39.3 Å². The molecule has 0 aromatic heterocycles. The Morgan fingerprint density at radius 2 is 1.35 bits per heavy atom. The predicted octanol–water partition coefficient (Wildman–Crippen LogP) is 4.42. The normalized spacial score (nSPS) is 14.9. The highest BCUT2D eigenvalue weighted by atomic mass is 19.1. The maximum absolute atomic E-state index is 13.5. The van der Waals surface area contributed by atoms with Gasteiger partial charge in [0.25, 0.3) is 0 Å². The van der Waals surface area contributed by atoms with E-state index in [4.69, 9.17) is 15.9 Å². The maximum atomic E-state index is 13.5. The molecule has 34 heavy (non-hydrogen) atoms. The van der Waals surface area contributed by atoms with Gasteiger partial charge in [0.15, 0.2) is 0 Å². The molecule has 3 N–H and O–H groups in total. The molecule has 5 nitrogen and oxygen atoms in total. The Morgan fingerprint density at radius 3 is 1.85 bits per heavy atom. The van der Waals surface area contributed by atoms with E-state index in [-0.39, 0.29) is 23.5 Å². The van der Waals surface area contributed by atoms with Gasteiger partial charge in [-0.3, -0.25) is 10.3 Å². The summed E-state index contributed by atoms with van der Waals surface area (Å²) in [5, 5.41) is 7.44. The van der Waals surface area contributed by atoms with Crippen LogP contribution in [0, 0.1) is 17.0 Å². The Balaban J connectivity index is 1.29. The lowest BCUT2D eigenvalue weighted by molar-refractivity contribution is 0.105. The number of nitrogens with two attached hydrogens (primary N) is 1. The maximum Gasteiger partial charge on any atom is 0.123 e. The summed E-state index contributed by atoms with van der Waals surface area (Å²) in [4.78, 5) is 4.80. The van der Waals surface area contributed by atoms with E-state index in [1.807, 2.05) is 36.4 Å². The zero-order chi connectivity index (χ0) is 23.9. The molecule has 3 aromatic rings. The fraction of sp³-hybridized carbons (Fsp3) is 0.296. The molecule has 1 heterocycles. The molecule has 0 amide bonds. The monoisotopic (exact) mass is 464 g/mol. The van der Waals surface area contributed by atoms with Crippen LogP contribution in [0.15, 0.2) is 72.8 Å². The van der Waals surface area contributed by atoms with Crippen molar-refractivity contribution in [3.05, 3.63) is 101 Å². The van der Waals surface area contributed by atoms with Gasteiger partial charge in [-0.15, -0.1) is 0 Å². The van der Waals surface area contributed by atoms with Crippen LogP contribution >= 0.6 is 0 Å². The first-order valence-corrected chi connectivity index (χ1v) is 11.5. The number of piperazine rings is 1. The van der Waals surface area contributed by atoms with Crippen molar-refractivity contribution < 1.29 is 13.5 Å². The minimum atomic E-state index is -0.261. The summed E-state index contributed by atoms with van der Waals surface area (Å²) in [7, 11) is 0. The van der Waals surface area contributed by atoms with Gasteiger partial charge >= 0.3 is 0 Å². The minimum absolute atomic E-state index is 0.0374. The molecule has 0 saturated carbocycles. The first kappa shape index (κ1) is 23.9. The van der Waals surface area contributed by atoms with Gasteiger partial charge in [-0.1, -0.05) is 24.3 Å². The van der Waals surface area contributed by atoms with Crippen LogP contribution in [0.2, 0.25) is 0 Å². The van der Waals surface area contributed by atoms with Crippen molar-refractivity contribution in [2.45, 2.75) is 12.5 Å². The molecule has 0 atom stereocenters. The number of halogens is 2. The van der Waals surface area contributed by atoms with Crippen LogP contribution in [0.3, 0.4) is 0 Å². The summed E-state index contributed by atoms with van der Waals surface area (Å²) in [5.74, 6) is 0.301. The highest BCUT2D eigenvalue weighted by Gasteiger charge is 2.26. The lowest BCUT2D eigenvalue weighted by atomic mass is 9.96. The average molecular weight is 465 g/mol. The van der Waals surface area contributed by atoms with E-state index >= 15 is 0 Å². The van der Waals surface area contributed by atoms with Gasteiger partial charge in [-0.05, 0) is 66.1 Å². The van der Waals surface area contributed by atoms with Crippen LogP contribution in [0.5, 0.6) is 5.75 Å². The quantitative estimate of drug-likeness (QED) is 0.279. The zero-order valence-electron chi connectivity index (χ0n) is 19.1. The Hall–Kier alpha value is -3.29. The number of hydrogen-bond acceptors (Lipinski definition) is 4. The van der Waals surface area contributed by atoms with Gasteiger partial charge in [0.2, 0.25) is 0 Å². The third kappa shape index (κ3) is 6.18. The molecule has 0 bridgehead atoms. The first-order valence-electron chi connectivity index (χ1n) is 11.5. The molecular formula is C27H30F2N4O. The molecule has 3 aromatic carbocycles. The summed E-state index contributed by atoms with van der Waals surface area (Å²) in [5.41, 5.74) is 8.17. The van der Waals surface area contributed by atoms with E-state index in [9.17, 15) is 8.78 Å². The topological polar surface area (TPSA) is 65.6 Å². The third-order valence-electron chi connectivity index (χ3n) is 6.20. The molecule has 4 rings (SSSR count). The van der Waals surface area contributed by atoms with Crippen molar-refractivity contribution in [2.24, 2.45) is 5.73 Å². The Morgan fingerprint density at radius 1 is 0.824 bits per heavy atom. The molecule has 1 saturated heterocycles. The average Bonchev–Trinajstić information content (AvgIpc) is 2.85. The van der Waals surface area contributed by atoms with E-state index in [0.717, 1.165) is 56.0 Å². The molecule has 0 spiro atoms. The van der Waals surface area contributed by atoms with Gasteiger partial charge in [0.1, 0.15) is 23.2 Å². The standard InChI is InChI=1S/C27H30F2N4O/c28-23-8-2-20(3-9-23)26(21-4-10-24(29)11-5-21)33-17-15-32(16-18-33)14-1-19-34-25-12-6-22(7-13-25)27(30)31/h2-13,26H,1,14-19H2,(H3,30,31).